The standard InChI is InChI=1S/C18H27N3O2/c1-13-10-15-17(20-12-19-15)18(23)21(16(22)11-13)9-5-8-14-6-3-2-4-7-14/h10,12,14,16,22H,2-9,11H2,1H3,(H,19,20)/b13-10+. The zero-order valence-electron chi connectivity index (χ0n) is 13.9. The highest BCUT2D eigenvalue weighted by molar-refractivity contribution is 5.96. The number of H-pyrrole nitrogens is 1. The summed E-state index contributed by atoms with van der Waals surface area (Å²) in [6.07, 6.45) is 12.0. The number of nitrogens with one attached hydrogen (secondary N) is 1. The summed E-state index contributed by atoms with van der Waals surface area (Å²) in [7, 11) is 0. The van der Waals surface area contributed by atoms with Gasteiger partial charge in [-0.15, -0.1) is 0 Å². The fourth-order valence-corrected chi connectivity index (χ4v) is 3.84. The van der Waals surface area contributed by atoms with Crippen molar-refractivity contribution in [1.29, 1.82) is 0 Å². The van der Waals surface area contributed by atoms with E-state index in [1.807, 2.05) is 13.0 Å². The topological polar surface area (TPSA) is 69.2 Å². The first kappa shape index (κ1) is 16.2. The Balaban J connectivity index is 1.65. The van der Waals surface area contributed by atoms with E-state index in [0.29, 0.717) is 18.7 Å². The molecule has 5 heteroatoms. The maximum atomic E-state index is 12.7. The molecule has 1 aromatic rings. The molecule has 0 bridgehead atoms. The maximum absolute atomic E-state index is 12.7. The number of fused-ring (bicyclic) bond motifs is 1. The van der Waals surface area contributed by atoms with Crippen LogP contribution in [-0.4, -0.2) is 38.7 Å². The highest BCUT2D eigenvalue weighted by atomic mass is 16.3. The molecular weight excluding hydrogens is 290 g/mol. The molecule has 0 radical (unpaired) electrons. The number of carbonyl (C=O) groups excluding carboxylic acids is 1. The van der Waals surface area contributed by atoms with E-state index < -0.39 is 6.23 Å². The molecule has 2 aliphatic rings. The van der Waals surface area contributed by atoms with Crippen LogP contribution in [-0.2, 0) is 0 Å². The maximum Gasteiger partial charge on any atom is 0.276 e. The van der Waals surface area contributed by atoms with Crippen LogP contribution in [0.1, 0.15) is 74.5 Å². The molecule has 1 saturated carbocycles. The molecule has 1 fully saturated rings. The lowest BCUT2D eigenvalue weighted by atomic mass is 9.86. The Bertz CT molecular complexity index is 573. The van der Waals surface area contributed by atoms with Gasteiger partial charge in [-0.05, 0) is 31.8 Å². The summed E-state index contributed by atoms with van der Waals surface area (Å²) in [6, 6.07) is 0. The molecule has 0 saturated heterocycles. The number of hydrogen-bond acceptors (Lipinski definition) is 3. The van der Waals surface area contributed by atoms with Gasteiger partial charge in [0.25, 0.3) is 5.91 Å². The first-order chi connectivity index (χ1) is 11.1. The molecule has 23 heavy (non-hydrogen) atoms. The van der Waals surface area contributed by atoms with Crippen molar-refractivity contribution < 1.29 is 9.90 Å². The van der Waals surface area contributed by atoms with Gasteiger partial charge in [-0.2, -0.15) is 0 Å². The molecule has 1 aromatic heterocycles. The van der Waals surface area contributed by atoms with Crippen LogP contribution in [0.3, 0.4) is 0 Å². The van der Waals surface area contributed by atoms with Crippen molar-refractivity contribution in [2.45, 2.75) is 64.5 Å². The molecule has 2 N–H and O–H groups in total. The van der Waals surface area contributed by atoms with E-state index in [9.17, 15) is 9.90 Å². The predicted octanol–water partition coefficient (Wildman–Crippen LogP) is 3.34. The van der Waals surface area contributed by atoms with Gasteiger partial charge in [-0.1, -0.05) is 37.7 Å². The van der Waals surface area contributed by atoms with E-state index in [1.165, 1.54) is 32.1 Å². The Morgan fingerprint density at radius 1 is 1.35 bits per heavy atom. The number of nitrogens with zero attached hydrogens (tertiary/aromatic N) is 2. The largest absolute Gasteiger partial charge is 0.373 e. The first-order valence-corrected chi connectivity index (χ1v) is 8.84. The average molecular weight is 317 g/mol. The second-order valence-electron chi connectivity index (χ2n) is 6.99. The van der Waals surface area contributed by atoms with E-state index in [-0.39, 0.29) is 5.91 Å². The molecule has 2 heterocycles. The van der Waals surface area contributed by atoms with Crippen LogP contribution in [0.5, 0.6) is 0 Å². The van der Waals surface area contributed by atoms with Crippen LogP contribution in [0.4, 0.5) is 0 Å². The third-order valence-electron chi connectivity index (χ3n) is 5.12. The summed E-state index contributed by atoms with van der Waals surface area (Å²) in [5.74, 6) is 0.634. The Hall–Kier alpha value is -1.62. The number of hydrogen-bond donors (Lipinski definition) is 2. The van der Waals surface area contributed by atoms with Gasteiger partial charge in [0, 0.05) is 13.0 Å². The molecule has 1 aliphatic heterocycles. The van der Waals surface area contributed by atoms with Crippen LogP contribution in [0, 0.1) is 5.92 Å². The molecule has 0 aromatic carbocycles. The lowest BCUT2D eigenvalue weighted by Crippen LogP contribution is -2.42. The summed E-state index contributed by atoms with van der Waals surface area (Å²) in [5.41, 5.74) is 2.21. The van der Waals surface area contributed by atoms with E-state index in [4.69, 9.17) is 0 Å². The molecule has 1 amide bonds. The zero-order chi connectivity index (χ0) is 16.2. The predicted molar refractivity (Wildman–Crippen MR) is 89.7 cm³/mol. The Labute approximate surface area is 137 Å². The number of aromatic amines is 1. The number of amides is 1. The van der Waals surface area contributed by atoms with Gasteiger partial charge in [-0.25, -0.2) is 4.98 Å². The fourth-order valence-electron chi connectivity index (χ4n) is 3.84. The van der Waals surface area contributed by atoms with Crippen molar-refractivity contribution in [3.8, 4) is 0 Å². The molecule has 5 nitrogen and oxygen atoms in total. The van der Waals surface area contributed by atoms with Crippen molar-refractivity contribution in [2.75, 3.05) is 6.54 Å². The fraction of sp³-hybridized carbons (Fsp3) is 0.667. The molecule has 3 rings (SSSR count). The van der Waals surface area contributed by atoms with E-state index in [1.54, 1.807) is 11.2 Å². The highest BCUT2D eigenvalue weighted by Gasteiger charge is 2.28. The number of carbonyl (C=O) groups is 1. The van der Waals surface area contributed by atoms with Gasteiger partial charge in [0.1, 0.15) is 6.23 Å². The molecule has 0 spiro atoms. The van der Waals surface area contributed by atoms with Crippen molar-refractivity contribution in [1.82, 2.24) is 14.9 Å². The van der Waals surface area contributed by atoms with Crippen molar-refractivity contribution in [2.24, 2.45) is 5.92 Å². The lowest BCUT2D eigenvalue weighted by molar-refractivity contribution is 0.00630. The normalized spacial score (nSPS) is 25.5. The van der Waals surface area contributed by atoms with Gasteiger partial charge < -0.3 is 15.0 Å². The van der Waals surface area contributed by atoms with E-state index in [2.05, 4.69) is 9.97 Å². The molecule has 126 valence electrons. The lowest BCUT2D eigenvalue weighted by Gasteiger charge is -2.30. The van der Waals surface area contributed by atoms with Crippen LogP contribution < -0.4 is 0 Å². The number of aliphatic hydroxyl groups is 1. The molecule has 1 atom stereocenters. The monoisotopic (exact) mass is 317 g/mol. The quantitative estimate of drug-likeness (QED) is 0.895. The van der Waals surface area contributed by atoms with Gasteiger partial charge in [0.15, 0.2) is 5.69 Å². The highest BCUT2D eigenvalue weighted by Crippen LogP contribution is 2.28. The molecular formula is C18H27N3O2. The third kappa shape index (κ3) is 3.83. The summed E-state index contributed by atoms with van der Waals surface area (Å²) in [5, 5.41) is 10.4. The first-order valence-electron chi connectivity index (χ1n) is 8.84. The molecule has 1 aliphatic carbocycles. The van der Waals surface area contributed by atoms with Crippen molar-refractivity contribution in [3.05, 3.63) is 23.3 Å². The van der Waals surface area contributed by atoms with Crippen molar-refractivity contribution in [3.63, 3.8) is 0 Å². The smallest absolute Gasteiger partial charge is 0.276 e. The number of imidazole rings is 1. The Kier molecular flexibility index (Phi) is 5.16. The van der Waals surface area contributed by atoms with Crippen LogP contribution in [0.15, 0.2) is 11.9 Å². The minimum absolute atomic E-state index is 0.166. The SMILES string of the molecule is C/C1=C\c2[nH]cnc2C(=O)N(CCCC2CCCCC2)C(O)C1. The average Bonchev–Trinajstić information content (AvgIpc) is 2.98. The zero-order valence-corrected chi connectivity index (χ0v) is 13.9. The molecule has 1 unspecified atom stereocenters. The third-order valence-corrected chi connectivity index (χ3v) is 5.12. The van der Waals surface area contributed by atoms with Crippen LogP contribution in [0.25, 0.3) is 6.08 Å². The summed E-state index contributed by atoms with van der Waals surface area (Å²) in [6.45, 7) is 2.58. The van der Waals surface area contributed by atoms with Gasteiger partial charge >= 0.3 is 0 Å². The Morgan fingerprint density at radius 3 is 2.91 bits per heavy atom. The Morgan fingerprint density at radius 2 is 2.13 bits per heavy atom. The van der Waals surface area contributed by atoms with Crippen LogP contribution in [0.2, 0.25) is 0 Å². The van der Waals surface area contributed by atoms with E-state index in [0.717, 1.165) is 30.0 Å². The summed E-state index contributed by atoms with van der Waals surface area (Å²) in [4.78, 5) is 21.5. The minimum atomic E-state index is -0.755. The number of aromatic nitrogens is 2. The minimum Gasteiger partial charge on any atom is -0.373 e. The summed E-state index contributed by atoms with van der Waals surface area (Å²) < 4.78 is 0. The van der Waals surface area contributed by atoms with Crippen molar-refractivity contribution >= 4 is 12.0 Å². The van der Waals surface area contributed by atoms with Gasteiger partial charge in [-0.3, -0.25) is 4.79 Å². The van der Waals surface area contributed by atoms with Crippen LogP contribution >= 0.6 is 0 Å². The van der Waals surface area contributed by atoms with E-state index >= 15 is 0 Å². The second-order valence-corrected chi connectivity index (χ2v) is 6.99. The van der Waals surface area contributed by atoms with Gasteiger partial charge in [0.05, 0.1) is 12.0 Å². The summed E-state index contributed by atoms with van der Waals surface area (Å²) >= 11 is 0. The number of aliphatic hydroxyl groups excluding tert-OH is 1. The second kappa shape index (κ2) is 7.30. The van der Waals surface area contributed by atoms with Gasteiger partial charge in [0.2, 0.25) is 0 Å². The number of rotatable bonds is 4.